The van der Waals surface area contributed by atoms with Crippen LogP contribution in [-0.4, -0.2) is 36.7 Å². The van der Waals surface area contributed by atoms with Crippen LogP contribution in [0, 0.1) is 5.82 Å². The quantitative estimate of drug-likeness (QED) is 0.717. The number of carbonyl (C=O) groups is 1. The van der Waals surface area contributed by atoms with Crippen LogP contribution in [0.15, 0.2) is 24.3 Å². The number of urea groups is 1. The third-order valence-electron chi connectivity index (χ3n) is 4.55. The molecule has 2 rings (SSSR count). The van der Waals surface area contributed by atoms with Gasteiger partial charge in [0, 0.05) is 19.1 Å². The molecule has 24 heavy (non-hydrogen) atoms. The zero-order valence-electron chi connectivity index (χ0n) is 14.6. The summed E-state index contributed by atoms with van der Waals surface area (Å²) < 4.78 is 18.3. The molecule has 2 amide bonds. The summed E-state index contributed by atoms with van der Waals surface area (Å²) in [5, 5.41) is 3.02. The molecule has 0 aromatic heterocycles. The SMILES string of the molecule is CCN(C(=O)NCCCCOc1ccc(F)cc1)C1CCCCC1. The van der Waals surface area contributed by atoms with Gasteiger partial charge >= 0.3 is 6.03 Å². The second kappa shape index (κ2) is 10.2. The van der Waals surface area contributed by atoms with Gasteiger partial charge in [-0.05, 0) is 56.9 Å². The monoisotopic (exact) mass is 336 g/mol. The van der Waals surface area contributed by atoms with Crippen molar-refractivity contribution in [3.63, 3.8) is 0 Å². The predicted molar refractivity (Wildman–Crippen MR) is 93.8 cm³/mol. The van der Waals surface area contributed by atoms with E-state index in [1.807, 2.05) is 11.8 Å². The number of benzene rings is 1. The molecule has 134 valence electrons. The van der Waals surface area contributed by atoms with Crippen LogP contribution >= 0.6 is 0 Å². The van der Waals surface area contributed by atoms with Gasteiger partial charge in [-0.25, -0.2) is 9.18 Å². The van der Waals surface area contributed by atoms with Gasteiger partial charge in [0.1, 0.15) is 11.6 Å². The Morgan fingerprint density at radius 2 is 1.92 bits per heavy atom. The maximum atomic E-state index is 12.8. The minimum absolute atomic E-state index is 0.0591. The second-order valence-corrected chi connectivity index (χ2v) is 6.32. The number of hydrogen-bond acceptors (Lipinski definition) is 2. The van der Waals surface area contributed by atoms with Gasteiger partial charge in [0.15, 0.2) is 0 Å². The van der Waals surface area contributed by atoms with E-state index in [1.165, 1.54) is 31.4 Å². The Labute approximate surface area is 144 Å². The summed E-state index contributed by atoms with van der Waals surface area (Å²) in [6.45, 7) is 4.05. The lowest BCUT2D eigenvalue weighted by atomic mass is 9.94. The van der Waals surface area contributed by atoms with E-state index in [-0.39, 0.29) is 11.8 Å². The molecule has 1 aromatic carbocycles. The van der Waals surface area contributed by atoms with E-state index in [2.05, 4.69) is 5.32 Å². The molecule has 1 aliphatic rings. The standard InChI is InChI=1S/C19H29FN2O2/c1-2-22(17-8-4-3-5-9-17)19(23)21-14-6-7-15-24-18-12-10-16(20)11-13-18/h10-13,17H,2-9,14-15H2,1H3,(H,21,23). The lowest BCUT2D eigenvalue weighted by molar-refractivity contribution is 0.159. The number of ether oxygens (including phenoxy) is 1. The molecule has 5 heteroatoms. The Balaban J connectivity index is 1.58. The van der Waals surface area contributed by atoms with Crippen LogP contribution in [0.1, 0.15) is 51.9 Å². The molecule has 0 heterocycles. The highest BCUT2D eigenvalue weighted by atomic mass is 19.1. The summed E-state index contributed by atoms with van der Waals surface area (Å²) in [5.74, 6) is 0.415. The molecule has 0 radical (unpaired) electrons. The molecule has 0 aliphatic heterocycles. The molecular formula is C19H29FN2O2. The number of nitrogens with one attached hydrogen (secondary N) is 1. The Kier molecular flexibility index (Phi) is 7.86. The first-order chi connectivity index (χ1) is 11.7. The summed E-state index contributed by atoms with van der Waals surface area (Å²) in [7, 11) is 0. The lowest BCUT2D eigenvalue weighted by Crippen LogP contribution is -2.47. The van der Waals surface area contributed by atoms with Crippen molar-refractivity contribution in [2.75, 3.05) is 19.7 Å². The van der Waals surface area contributed by atoms with Crippen LogP contribution in [0.4, 0.5) is 9.18 Å². The zero-order valence-corrected chi connectivity index (χ0v) is 14.6. The molecule has 4 nitrogen and oxygen atoms in total. The van der Waals surface area contributed by atoms with Crippen LogP contribution in [-0.2, 0) is 0 Å². The Morgan fingerprint density at radius 3 is 2.58 bits per heavy atom. The van der Waals surface area contributed by atoms with Crippen LogP contribution in [0.5, 0.6) is 5.75 Å². The molecule has 1 aromatic rings. The first kappa shape index (κ1) is 18.6. The second-order valence-electron chi connectivity index (χ2n) is 6.32. The van der Waals surface area contributed by atoms with Crippen molar-refractivity contribution in [1.29, 1.82) is 0 Å². The van der Waals surface area contributed by atoms with Crippen molar-refractivity contribution in [2.24, 2.45) is 0 Å². The minimum atomic E-state index is -0.261. The van der Waals surface area contributed by atoms with Crippen molar-refractivity contribution in [2.45, 2.75) is 57.9 Å². The molecule has 1 fully saturated rings. The van der Waals surface area contributed by atoms with Gasteiger partial charge in [0.25, 0.3) is 0 Å². The van der Waals surface area contributed by atoms with Gasteiger partial charge in [0.05, 0.1) is 6.61 Å². The zero-order chi connectivity index (χ0) is 17.2. The van der Waals surface area contributed by atoms with E-state index >= 15 is 0 Å². The molecule has 1 saturated carbocycles. The smallest absolute Gasteiger partial charge is 0.317 e. The average Bonchev–Trinajstić information content (AvgIpc) is 2.61. The molecule has 0 atom stereocenters. The van der Waals surface area contributed by atoms with Crippen molar-refractivity contribution in [1.82, 2.24) is 10.2 Å². The van der Waals surface area contributed by atoms with Gasteiger partial charge < -0.3 is 15.0 Å². The maximum Gasteiger partial charge on any atom is 0.317 e. The van der Waals surface area contributed by atoms with E-state index in [0.29, 0.717) is 24.9 Å². The minimum Gasteiger partial charge on any atom is -0.494 e. The number of hydrogen-bond donors (Lipinski definition) is 1. The summed E-state index contributed by atoms with van der Waals surface area (Å²) in [5.41, 5.74) is 0. The third-order valence-corrected chi connectivity index (χ3v) is 4.55. The largest absolute Gasteiger partial charge is 0.494 e. The fourth-order valence-corrected chi connectivity index (χ4v) is 3.21. The summed E-state index contributed by atoms with van der Waals surface area (Å²) in [6, 6.07) is 6.50. The molecule has 0 bridgehead atoms. The normalized spacial score (nSPS) is 15.1. The Morgan fingerprint density at radius 1 is 1.21 bits per heavy atom. The maximum absolute atomic E-state index is 12.8. The van der Waals surface area contributed by atoms with E-state index in [4.69, 9.17) is 4.74 Å². The first-order valence-electron chi connectivity index (χ1n) is 9.13. The van der Waals surface area contributed by atoms with Crippen molar-refractivity contribution in [3.05, 3.63) is 30.1 Å². The third kappa shape index (κ3) is 6.02. The van der Waals surface area contributed by atoms with Crippen LogP contribution < -0.4 is 10.1 Å². The highest BCUT2D eigenvalue weighted by Gasteiger charge is 2.23. The summed E-state index contributed by atoms with van der Waals surface area (Å²) >= 11 is 0. The topological polar surface area (TPSA) is 41.6 Å². The van der Waals surface area contributed by atoms with Gasteiger partial charge in [-0.3, -0.25) is 0 Å². The average molecular weight is 336 g/mol. The molecular weight excluding hydrogens is 307 g/mol. The van der Waals surface area contributed by atoms with Crippen molar-refractivity contribution in [3.8, 4) is 5.75 Å². The number of halogens is 1. The number of rotatable bonds is 8. The van der Waals surface area contributed by atoms with E-state index < -0.39 is 0 Å². The lowest BCUT2D eigenvalue weighted by Gasteiger charge is -2.33. The Bertz CT molecular complexity index is 487. The number of carbonyl (C=O) groups excluding carboxylic acids is 1. The van der Waals surface area contributed by atoms with E-state index in [0.717, 1.165) is 32.2 Å². The molecule has 1 aliphatic carbocycles. The van der Waals surface area contributed by atoms with Crippen LogP contribution in [0.25, 0.3) is 0 Å². The van der Waals surface area contributed by atoms with Gasteiger partial charge in [-0.1, -0.05) is 19.3 Å². The highest BCUT2D eigenvalue weighted by Crippen LogP contribution is 2.22. The van der Waals surface area contributed by atoms with Crippen LogP contribution in [0.3, 0.4) is 0 Å². The fourth-order valence-electron chi connectivity index (χ4n) is 3.21. The summed E-state index contributed by atoms with van der Waals surface area (Å²) in [6.07, 6.45) is 7.75. The molecule has 0 spiro atoms. The fraction of sp³-hybridized carbons (Fsp3) is 0.632. The van der Waals surface area contributed by atoms with E-state index in [1.54, 1.807) is 12.1 Å². The van der Waals surface area contributed by atoms with Crippen molar-refractivity contribution >= 4 is 6.03 Å². The molecule has 0 saturated heterocycles. The molecule has 0 unspecified atom stereocenters. The number of unbranched alkanes of at least 4 members (excludes halogenated alkanes) is 1. The first-order valence-corrected chi connectivity index (χ1v) is 9.13. The molecule has 1 N–H and O–H groups in total. The van der Waals surface area contributed by atoms with Crippen LogP contribution in [0.2, 0.25) is 0 Å². The Hall–Kier alpha value is -1.78. The number of nitrogens with zero attached hydrogens (tertiary/aromatic N) is 1. The highest BCUT2D eigenvalue weighted by molar-refractivity contribution is 5.74. The van der Waals surface area contributed by atoms with Gasteiger partial charge in [0.2, 0.25) is 0 Å². The van der Waals surface area contributed by atoms with Gasteiger partial charge in [-0.2, -0.15) is 0 Å². The van der Waals surface area contributed by atoms with Crippen molar-refractivity contribution < 1.29 is 13.9 Å². The summed E-state index contributed by atoms with van der Waals surface area (Å²) in [4.78, 5) is 14.3. The predicted octanol–water partition coefficient (Wildman–Crippen LogP) is 4.35. The van der Waals surface area contributed by atoms with E-state index in [9.17, 15) is 9.18 Å². The number of amides is 2. The van der Waals surface area contributed by atoms with Gasteiger partial charge in [-0.15, -0.1) is 0 Å².